The standard InChI is InChI=1S/C11H16N4O3S/c1-19-7-3-6-13-11(16)8-4-2-5-9(15(17)18)10(8)14-12/h2,4-5,14H,3,6-7,12H2,1H3,(H,13,16). The van der Waals surface area contributed by atoms with Gasteiger partial charge < -0.3 is 10.7 Å². The van der Waals surface area contributed by atoms with Crippen molar-refractivity contribution in [2.24, 2.45) is 5.84 Å². The molecule has 0 unspecified atom stereocenters. The molecule has 0 fully saturated rings. The van der Waals surface area contributed by atoms with E-state index in [-0.39, 0.29) is 22.8 Å². The molecule has 0 heterocycles. The van der Waals surface area contributed by atoms with E-state index in [1.165, 1.54) is 18.2 Å². The van der Waals surface area contributed by atoms with Crippen LogP contribution in [-0.2, 0) is 0 Å². The van der Waals surface area contributed by atoms with Gasteiger partial charge in [0.15, 0.2) is 0 Å². The van der Waals surface area contributed by atoms with Crippen LogP contribution in [0.5, 0.6) is 0 Å². The highest BCUT2D eigenvalue weighted by Gasteiger charge is 2.20. The third-order valence-corrected chi connectivity index (χ3v) is 3.14. The van der Waals surface area contributed by atoms with Gasteiger partial charge in [0.1, 0.15) is 5.69 Å². The van der Waals surface area contributed by atoms with E-state index in [0.29, 0.717) is 6.54 Å². The van der Waals surface area contributed by atoms with Crippen LogP contribution >= 0.6 is 11.8 Å². The van der Waals surface area contributed by atoms with Gasteiger partial charge >= 0.3 is 0 Å². The van der Waals surface area contributed by atoms with Crippen molar-refractivity contribution in [1.29, 1.82) is 0 Å². The zero-order valence-electron chi connectivity index (χ0n) is 10.5. The van der Waals surface area contributed by atoms with Crippen molar-refractivity contribution in [3.05, 3.63) is 33.9 Å². The molecular weight excluding hydrogens is 268 g/mol. The molecule has 1 aromatic rings. The Balaban J connectivity index is 2.84. The van der Waals surface area contributed by atoms with E-state index in [1.807, 2.05) is 6.26 Å². The molecule has 0 atom stereocenters. The first kappa shape index (κ1) is 15.3. The smallest absolute Gasteiger partial charge is 0.294 e. The molecule has 7 nitrogen and oxygen atoms in total. The van der Waals surface area contributed by atoms with E-state index in [2.05, 4.69) is 10.7 Å². The molecule has 4 N–H and O–H groups in total. The highest BCUT2D eigenvalue weighted by Crippen LogP contribution is 2.27. The third kappa shape index (κ3) is 4.11. The number of nitrogens with two attached hydrogens (primary N) is 1. The quantitative estimate of drug-likeness (QED) is 0.302. The van der Waals surface area contributed by atoms with Gasteiger partial charge in [-0.3, -0.25) is 20.8 Å². The summed E-state index contributed by atoms with van der Waals surface area (Å²) in [5.41, 5.74) is 2.19. The first-order valence-corrected chi connectivity index (χ1v) is 7.02. The SMILES string of the molecule is CSCCCNC(=O)c1cccc([N+](=O)[O-])c1NN. The van der Waals surface area contributed by atoms with Crippen molar-refractivity contribution in [3.8, 4) is 0 Å². The molecule has 104 valence electrons. The molecule has 1 aromatic carbocycles. The zero-order valence-corrected chi connectivity index (χ0v) is 11.3. The van der Waals surface area contributed by atoms with Gasteiger partial charge in [0, 0.05) is 12.6 Å². The van der Waals surface area contributed by atoms with Gasteiger partial charge in [0.2, 0.25) is 0 Å². The number of hydrazine groups is 1. The number of benzene rings is 1. The Kier molecular flexibility index (Phi) is 6.10. The Morgan fingerprint density at radius 3 is 2.84 bits per heavy atom. The number of amides is 1. The highest BCUT2D eigenvalue weighted by atomic mass is 32.2. The molecule has 8 heteroatoms. The number of hydrogen-bond acceptors (Lipinski definition) is 6. The highest BCUT2D eigenvalue weighted by molar-refractivity contribution is 7.98. The van der Waals surface area contributed by atoms with Gasteiger partial charge in [-0.1, -0.05) is 6.07 Å². The number of carbonyl (C=O) groups excluding carboxylic acids is 1. The molecule has 0 aromatic heterocycles. The molecule has 19 heavy (non-hydrogen) atoms. The molecule has 0 spiro atoms. The number of nitro benzene ring substituents is 1. The summed E-state index contributed by atoms with van der Waals surface area (Å²) in [6.07, 6.45) is 2.83. The van der Waals surface area contributed by atoms with E-state index in [4.69, 9.17) is 5.84 Å². The molecule has 1 amide bonds. The van der Waals surface area contributed by atoms with Crippen LogP contribution in [0.4, 0.5) is 11.4 Å². The number of carbonyl (C=O) groups is 1. The number of nitrogens with zero attached hydrogens (tertiary/aromatic N) is 1. The lowest BCUT2D eigenvalue weighted by Gasteiger charge is -2.09. The van der Waals surface area contributed by atoms with Crippen LogP contribution in [0.15, 0.2) is 18.2 Å². The van der Waals surface area contributed by atoms with Crippen LogP contribution in [0.1, 0.15) is 16.8 Å². The summed E-state index contributed by atoms with van der Waals surface area (Å²) in [5, 5.41) is 13.5. The number of nitrogens with one attached hydrogen (secondary N) is 2. The minimum atomic E-state index is -0.584. The Morgan fingerprint density at radius 2 is 2.26 bits per heavy atom. The molecule has 0 saturated heterocycles. The van der Waals surface area contributed by atoms with Crippen LogP contribution in [-0.4, -0.2) is 29.4 Å². The van der Waals surface area contributed by atoms with Crippen molar-refractivity contribution in [1.82, 2.24) is 5.32 Å². The second-order valence-electron chi connectivity index (χ2n) is 3.70. The number of nitro groups is 1. The predicted molar refractivity (Wildman–Crippen MR) is 76.2 cm³/mol. The number of hydrogen-bond donors (Lipinski definition) is 3. The maximum Gasteiger partial charge on any atom is 0.294 e. The summed E-state index contributed by atoms with van der Waals surface area (Å²) in [6, 6.07) is 4.24. The maximum atomic E-state index is 11.9. The van der Waals surface area contributed by atoms with Crippen LogP contribution in [0.3, 0.4) is 0 Å². The second kappa shape index (κ2) is 7.59. The van der Waals surface area contributed by atoms with E-state index >= 15 is 0 Å². The lowest BCUT2D eigenvalue weighted by Crippen LogP contribution is -2.26. The Hall–Kier alpha value is -1.80. The fraction of sp³-hybridized carbons (Fsp3) is 0.364. The van der Waals surface area contributed by atoms with Crippen molar-refractivity contribution >= 4 is 29.0 Å². The molecule has 0 aliphatic carbocycles. The van der Waals surface area contributed by atoms with Gasteiger partial charge in [-0.25, -0.2) is 0 Å². The lowest BCUT2D eigenvalue weighted by molar-refractivity contribution is -0.384. The number of para-hydroxylation sites is 1. The van der Waals surface area contributed by atoms with Gasteiger partial charge in [-0.2, -0.15) is 11.8 Å². The fourth-order valence-corrected chi connectivity index (χ4v) is 1.98. The Labute approximate surface area is 115 Å². The monoisotopic (exact) mass is 284 g/mol. The van der Waals surface area contributed by atoms with Gasteiger partial charge in [0.25, 0.3) is 11.6 Å². The second-order valence-corrected chi connectivity index (χ2v) is 4.69. The molecule has 0 radical (unpaired) electrons. The van der Waals surface area contributed by atoms with Crippen molar-refractivity contribution in [2.75, 3.05) is 24.0 Å². The first-order chi connectivity index (χ1) is 9.11. The van der Waals surface area contributed by atoms with E-state index < -0.39 is 4.92 Å². The van der Waals surface area contributed by atoms with Crippen molar-refractivity contribution in [2.45, 2.75) is 6.42 Å². The largest absolute Gasteiger partial charge is 0.352 e. The van der Waals surface area contributed by atoms with Crippen molar-refractivity contribution < 1.29 is 9.72 Å². The zero-order chi connectivity index (χ0) is 14.3. The molecule has 0 bridgehead atoms. The van der Waals surface area contributed by atoms with Gasteiger partial charge in [-0.05, 0) is 24.5 Å². The van der Waals surface area contributed by atoms with E-state index in [1.54, 1.807) is 11.8 Å². The Bertz CT molecular complexity index is 467. The summed E-state index contributed by atoms with van der Waals surface area (Å²) >= 11 is 1.69. The van der Waals surface area contributed by atoms with Crippen LogP contribution in [0, 0.1) is 10.1 Å². The maximum absolute atomic E-state index is 11.9. The summed E-state index contributed by atoms with van der Waals surface area (Å²) in [7, 11) is 0. The van der Waals surface area contributed by atoms with Crippen LogP contribution in [0.2, 0.25) is 0 Å². The summed E-state index contributed by atoms with van der Waals surface area (Å²) < 4.78 is 0. The topological polar surface area (TPSA) is 110 Å². The van der Waals surface area contributed by atoms with Crippen molar-refractivity contribution in [3.63, 3.8) is 0 Å². The number of rotatable bonds is 7. The predicted octanol–water partition coefficient (Wildman–Crippen LogP) is 1.36. The molecule has 0 aliphatic rings. The van der Waals surface area contributed by atoms with Gasteiger partial charge in [-0.15, -0.1) is 0 Å². The summed E-state index contributed by atoms with van der Waals surface area (Å²) in [4.78, 5) is 22.2. The van der Waals surface area contributed by atoms with E-state index in [0.717, 1.165) is 12.2 Å². The van der Waals surface area contributed by atoms with E-state index in [9.17, 15) is 14.9 Å². The molecule has 0 saturated carbocycles. The number of thioether (sulfide) groups is 1. The minimum Gasteiger partial charge on any atom is -0.352 e. The normalized spacial score (nSPS) is 10.0. The number of anilines is 1. The van der Waals surface area contributed by atoms with Crippen LogP contribution in [0.25, 0.3) is 0 Å². The summed E-state index contributed by atoms with van der Waals surface area (Å²) in [6.45, 7) is 0.520. The average molecular weight is 284 g/mol. The summed E-state index contributed by atoms with van der Waals surface area (Å²) in [5.74, 6) is 5.83. The fourth-order valence-electron chi connectivity index (χ4n) is 1.55. The third-order valence-electron chi connectivity index (χ3n) is 2.44. The lowest BCUT2D eigenvalue weighted by atomic mass is 10.1. The van der Waals surface area contributed by atoms with Crippen LogP contribution < -0.4 is 16.6 Å². The minimum absolute atomic E-state index is 0.0230. The Morgan fingerprint density at radius 1 is 1.53 bits per heavy atom. The molecule has 0 aliphatic heterocycles. The van der Waals surface area contributed by atoms with Gasteiger partial charge in [0.05, 0.1) is 10.5 Å². The molecular formula is C11H16N4O3S. The molecule has 1 rings (SSSR count). The number of nitrogen functional groups attached to an aromatic ring is 1. The first-order valence-electron chi connectivity index (χ1n) is 5.63. The average Bonchev–Trinajstić information content (AvgIpc) is 2.42.